The summed E-state index contributed by atoms with van der Waals surface area (Å²) in [4.78, 5) is 94.2. The smallest absolute Gasteiger partial charge is 0.349 e. The molecule has 27 nitrogen and oxygen atoms in total. The Kier molecular flexibility index (Phi) is 20.1. The van der Waals surface area contributed by atoms with E-state index in [1.165, 1.54) is 0 Å². The summed E-state index contributed by atoms with van der Waals surface area (Å²) in [6.45, 7) is 32.5. The third-order valence-electron chi connectivity index (χ3n) is 12.8. The third-order valence-corrected chi connectivity index (χ3v) is 12.8. The normalized spacial score (nSPS) is 19.7. The molecule has 0 aliphatic carbocycles. The third kappa shape index (κ3) is 20.4. The van der Waals surface area contributed by atoms with Gasteiger partial charge < -0.3 is 61.6 Å². The van der Waals surface area contributed by atoms with Crippen molar-refractivity contribution >= 4 is 90.1 Å². The minimum atomic E-state index is -0.652. The average molecular weight is 1100 g/mol. The van der Waals surface area contributed by atoms with Gasteiger partial charge in [-0.05, 0) is 142 Å². The molecule has 6 rings (SSSR count). The number of hydrogen-bond donors (Lipinski definition) is 8. The number of aliphatic imine (C=N–C) groups is 3. The van der Waals surface area contributed by atoms with Crippen molar-refractivity contribution in [2.24, 2.45) is 15.0 Å². The summed E-state index contributed by atoms with van der Waals surface area (Å²) in [5.74, 6) is -0.544. The van der Waals surface area contributed by atoms with Crippen molar-refractivity contribution in [3.05, 3.63) is 0 Å². The summed E-state index contributed by atoms with van der Waals surface area (Å²) in [7, 11) is 0. The second-order valence-corrected chi connectivity index (χ2v) is 24.1. The van der Waals surface area contributed by atoms with E-state index in [9.17, 15) is 14.4 Å². The van der Waals surface area contributed by atoms with Crippen molar-refractivity contribution in [1.29, 1.82) is 0 Å². The lowest BCUT2D eigenvalue weighted by molar-refractivity contribution is -0.135. The van der Waals surface area contributed by atoms with Crippen LogP contribution in [0.2, 0.25) is 0 Å². The van der Waals surface area contributed by atoms with Gasteiger partial charge in [0.25, 0.3) is 17.8 Å². The lowest BCUT2D eigenvalue weighted by Gasteiger charge is -2.46. The van der Waals surface area contributed by atoms with E-state index in [4.69, 9.17) is 34.1 Å². The highest BCUT2D eigenvalue weighted by Gasteiger charge is 2.40. The first kappa shape index (κ1) is 61.3. The Bertz CT molecular complexity index is 2510. The van der Waals surface area contributed by atoms with Gasteiger partial charge in [-0.3, -0.25) is 0 Å². The number of rotatable bonds is 24. The highest BCUT2D eigenvalue weighted by atomic mass is 16.5. The van der Waals surface area contributed by atoms with E-state index >= 15 is 0 Å². The number of piperidine rings is 3. The zero-order valence-corrected chi connectivity index (χ0v) is 48.9. The Morgan fingerprint density at radius 2 is 0.734 bits per heavy atom. The van der Waals surface area contributed by atoms with Crippen LogP contribution in [0.1, 0.15) is 142 Å². The number of nitrogens with zero attached hydrogens (tertiary/aromatic N) is 13. The highest BCUT2D eigenvalue weighted by Crippen LogP contribution is 2.33. The van der Waals surface area contributed by atoms with E-state index in [1.807, 2.05) is 4.90 Å². The Balaban J connectivity index is 1.34. The summed E-state index contributed by atoms with van der Waals surface area (Å²) in [6, 6.07) is -0.0358. The minimum Gasteiger partial charge on any atom is -0.462 e. The molecule has 0 unspecified atom stereocenters. The largest absolute Gasteiger partial charge is 0.462 e. The number of carbonyl (C=O) groups is 3. The van der Waals surface area contributed by atoms with Crippen LogP contribution in [0.4, 0.5) is 53.5 Å². The predicted molar refractivity (Wildman–Crippen MR) is 307 cm³/mol. The first-order valence-corrected chi connectivity index (χ1v) is 27.3. The van der Waals surface area contributed by atoms with Gasteiger partial charge >= 0.3 is 17.9 Å². The first-order valence-electron chi connectivity index (χ1n) is 27.3. The van der Waals surface area contributed by atoms with Gasteiger partial charge in [-0.1, -0.05) is 0 Å². The van der Waals surface area contributed by atoms with Crippen LogP contribution in [0.3, 0.4) is 0 Å². The molecule has 3 saturated heterocycles. The summed E-state index contributed by atoms with van der Waals surface area (Å²) in [6.07, 6.45) is 7.79. The molecule has 8 N–H and O–H groups in total. The Hall–Kier alpha value is -6.87. The van der Waals surface area contributed by atoms with Gasteiger partial charge in [0.05, 0.1) is 19.8 Å². The van der Waals surface area contributed by atoms with Crippen LogP contribution in [0.25, 0.3) is 0 Å². The molecule has 3 aliphatic heterocycles. The molecular weight excluding hydrogens is 1010 g/mol. The maximum Gasteiger partial charge on any atom is 0.349 e. The number of esters is 3. The van der Waals surface area contributed by atoms with Gasteiger partial charge in [-0.25, -0.2) is 29.4 Å². The fourth-order valence-corrected chi connectivity index (χ4v) is 11.4. The first-order chi connectivity index (χ1) is 37.0. The topological polar surface area (TPSA) is 331 Å². The van der Waals surface area contributed by atoms with Crippen molar-refractivity contribution in [3.63, 3.8) is 0 Å². The van der Waals surface area contributed by atoms with Crippen LogP contribution < -0.4 is 47.4 Å². The van der Waals surface area contributed by atoms with Crippen molar-refractivity contribution < 1.29 is 28.6 Å². The van der Waals surface area contributed by atoms with Gasteiger partial charge in [0.1, 0.15) is 18.6 Å². The van der Waals surface area contributed by atoms with Crippen LogP contribution in [0.15, 0.2) is 15.0 Å². The van der Waals surface area contributed by atoms with E-state index in [-0.39, 0.29) is 151 Å². The minimum absolute atomic E-state index is 0.00117. The van der Waals surface area contributed by atoms with E-state index < -0.39 is 17.9 Å². The van der Waals surface area contributed by atoms with E-state index in [2.05, 4.69) is 166 Å². The molecule has 3 aromatic heterocycles. The zero-order valence-electron chi connectivity index (χ0n) is 48.9. The summed E-state index contributed by atoms with van der Waals surface area (Å²) in [5, 5.41) is 28.4. The lowest BCUT2D eigenvalue weighted by atomic mass is 9.79. The number of hydrogen-bond acceptors (Lipinski definition) is 27. The van der Waals surface area contributed by atoms with E-state index in [0.29, 0.717) is 0 Å². The Morgan fingerprint density at radius 3 is 1.04 bits per heavy atom. The van der Waals surface area contributed by atoms with Crippen molar-refractivity contribution in [2.45, 2.75) is 194 Å². The quantitative estimate of drug-likeness (QED) is 0.0323. The maximum atomic E-state index is 12.6. The SMILES string of the molecule is CCOC(=O)/C=N/c1nc(NCCN(CCNc2nc(/N=C/C(=O)OCC)nc(NC3CC(C)(C)NC(C)(C)C3)n2)c2nc(/N=C/C(=O)OCC)nc(NC3CC(C)(C)NC(C)(C)C3)n2)nc(NC2CC(C)(C)NC(C)(C)C2)n1. The van der Waals surface area contributed by atoms with E-state index in [1.54, 1.807) is 20.8 Å². The van der Waals surface area contributed by atoms with Crippen LogP contribution >= 0.6 is 0 Å². The molecule has 27 heteroatoms. The highest BCUT2D eigenvalue weighted by molar-refractivity contribution is 6.24. The van der Waals surface area contributed by atoms with Crippen LogP contribution in [-0.4, -0.2) is 179 Å². The molecule has 0 amide bonds. The standard InChI is InChI=1S/C52H85N21O6/c1-16-77-35(74)29-55-40-61-38(63-43(65-40)58-32-23-47(4,5)70-48(6,7)24-32)53-19-21-73(46-68-42(57-31-37(76)79-18-3)67-45(69-46)60-34-27-51(12,13)72-52(14,15)28-34)22-20-54-39-62-41(56-30-36(75)78-17-2)66-44(64-39)59-33-25-49(8,9)71-50(10,11)26-33/h29-34,70-72H,16-28H2,1-15H3,(H,60,67,68,69)(H2,53,58,61,63,65)(H2,54,59,62,64,66)/b55-29+,56-30+,57-31+. The summed E-state index contributed by atoms with van der Waals surface area (Å²) in [5.41, 5.74) is -1.08. The van der Waals surface area contributed by atoms with Gasteiger partial charge in [0.2, 0.25) is 35.7 Å². The van der Waals surface area contributed by atoms with Crippen LogP contribution in [0.5, 0.6) is 0 Å². The molecule has 3 aliphatic rings. The van der Waals surface area contributed by atoms with Crippen molar-refractivity contribution in [1.82, 2.24) is 60.8 Å². The Labute approximate surface area is 464 Å². The van der Waals surface area contributed by atoms with E-state index in [0.717, 1.165) is 57.2 Å². The van der Waals surface area contributed by atoms with Gasteiger partial charge in [0.15, 0.2) is 0 Å². The number of nitrogens with one attached hydrogen (secondary N) is 8. The number of anilines is 6. The fraction of sp³-hybridized carbons (Fsp3) is 0.712. The number of aromatic nitrogens is 9. The molecule has 79 heavy (non-hydrogen) atoms. The second kappa shape index (κ2) is 25.9. The molecule has 3 aromatic rings. The van der Waals surface area contributed by atoms with Crippen LogP contribution in [-0.2, 0) is 28.6 Å². The second-order valence-electron chi connectivity index (χ2n) is 24.1. The fourth-order valence-electron chi connectivity index (χ4n) is 11.4. The molecule has 0 radical (unpaired) electrons. The summed E-state index contributed by atoms with van der Waals surface area (Å²) < 4.78 is 15.3. The molecule has 0 aromatic carbocycles. The average Bonchev–Trinajstić information content (AvgIpc) is 3.29. The molecular formula is C52H85N21O6. The maximum absolute atomic E-state index is 12.6. The number of ether oxygens (including phenoxy) is 3. The monoisotopic (exact) mass is 1100 g/mol. The zero-order chi connectivity index (χ0) is 57.8. The molecule has 0 atom stereocenters. The lowest BCUT2D eigenvalue weighted by Crippen LogP contribution is -2.60. The molecule has 434 valence electrons. The van der Waals surface area contributed by atoms with Crippen molar-refractivity contribution in [3.8, 4) is 0 Å². The summed E-state index contributed by atoms with van der Waals surface area (Å²) >= 11 is 0. The van der Waals surface area contributed by atoms with Crippen LogP contribution in [0, 0.1) is 0 Å². The predicted octanol–water partition coefficient (Wildman–Crippen LogP) is 5.23. The number of carbonyl (C=O) groups excluding carboxylic acids is 3. The molecule has 0 bridgehead atoms. The molecule has 6 heterocycles. The van der Waals surface area contributed by atoms with Crippen molar-refractivity contribution in [2.75, 3.05) is 77.5 Å². The molecule has 0 saturated carbocycles. The van der Waals surface area contributed by atoms with Gasteiger partial charge in [-0.15, -0.1) is 0 Å². The Morgan fingerprint density at radius 1 is 0.456 bits per heavy atom. The van der Waals surface area contributed by atoms with Gasteiger partial charge in [0, 0.05) is 77.5 Å². The molecule has 0 spiro atoms. The van der Waals surface area contributed by atoms with Gasteiger partial charge in [-0.2, -0.15) is 44.9 Å². The molecule has 3 fully saturated rings.